The smallest absolute Gasteiger partial charge is 0.269 e. The zero-order valence-corrected chi connectivity index (χ0v) is 13.2. The Hall–Kier alpha value is -1.33. The first kappa shape index (κ1) is 32.3. The molecule has 0 aliphatic carbocycles. The molecular weight excluding hydrogens is 481 g/mol. The van der Waals surface area contributed by atoms with Gasteiger partial charge < -0.3 is 0 Å². The lowest BCUT2D eigenvalue weighted by Crippen LogP contribution is -2.74. The van der Waals surface area contributed by atoms with Gasteiger partial charge in [0.2, 0.25) is 0 Å². The molecule has 0 amide bonds. The summed E-state index contributed by atoms with van der Waals surface area (Å²) in [6.45, 7) is 4.00. The Balaban J connectivity index is -0.00000218. The quantitative estimate of drug-likeness (QED) is 0.363. The van der Waals surface area contributed by atoms with Crippen molar-refractivity contribution >= 4 is 0 Å². The summed E-state index contributed by atoms with van der Waals surface area (Å²) in [5, 5.41) is 0. The number of halogens is 19. The summed E-state index contributed by atoms with van der Waals surface area (Å²) >= 11 is 0. The number of hydrogen-bond acceptors (Lipinski definition) is 0. The van der Waals surface area contributed by atoms with Crippen LogP contribution in [0.5, 0.6) is 0 Å². The van der Waals surface area contributed by atoms with Gasteiger partial charge in [-0.25, -0.2) is 0 Å². The molecule has 0 aromatic carbocycles. The van der Waals surface area contributed by atoms with Crippen molar-refractivity contribution in [1.29, 1.82) is 0 Å². The Morgan fingerprint density at radius 2 is 0.379 bits per heavy atom. The van der Waals surface area contributed by atoms with Crippen LogP contribution in [0.2, 0.25) is 0 Å². The Labute approximate surface area is 147 Å². The van der Waals surface area contributed by atoms with Crippen LogP contribution in [0.1, 0.15) is 13.8 Å². The van der Waals surface area contributed by atoms with Crippen LogP contribution in [0.3, 0.4) is 0 Å². The van der Waals surface area contributed by atoms with Gasteiger partial charge in [-0.1, -0.05) is 13.8 Å². The maximum absolute atomic E-state index is 12.8. The number of alkyl halides is 18. The zero-order chi connectivity index (χ0) is 24.0. The Bertz CT molecular complexity index is 472. The van der Waals surface area contributed by atoms with E-state index in [1.165, 1.54) is 0 Å². The van der Waals surface area contributed by atoms with E-state index in [1.54, 1.807) is 0 Å². The highest BCUT2D eigenvalue weighted by Crippen LogP contribution is 2.63. The van der Waals surface area contributed by atoms with Gasteiger partial charge in [0.25, 0.3) is 0 Å². The number of hydrogen-bond donors (Lipinski definition) is 0. The highest BCUT2D eigenvalue weighted by atomic mass is 19.4. The van der Waals surface area contributed by atoms with Crippen LogP contribution >= 0.6 is 0 Å². The standard InChI is InChI=1S/C8F18.C2H6.FH/c9-1(10,3(13,14)5(17,18)7(21,22)23)2(11,12)4(15,16)6(19,20)8(24,25)26;1-2;/h;1-2H3;1H. The highest BCUT2D eigenvalue weighted by Gasteiger charge is 2.95. The molecule has 0 fully saturated rings. The highest BCUT2D eigenvalue weighted by molar-refractivity contribution is 5.14. The van der Waals surface area contributed by atoms with Crippen molar-refractivity contribution in [3.8, 4) is 0 Å². The van der Waals surface area contributed by atoms with Gasteiger partial charge in [0.1, 0.15) is 0 Å². The molecule has 0 unspecified atom stereocenters. The van der Waals surface area contributed by atoms with E-state index < -0.39 is 47.9 Å². The second-order valence-corrected chi connectivity index (χ2v) is 4.44. The van der Waals surface area contributed by atoms with E-state index >= 15 is 0 Å². The minimum Gasteiger partial charge on any atom is -0.269 e. The minimum absolute atomic E-state index is 0. The third-order valence-electron chi connectivity index (χ3n) is 2.68. The first-order valence-corrected chi connectivity index (χ1v) is 6.15. The third-order valence-corrected chi connectivity index (χ3v) is 2.68. The van der Waals surface area contributed by atoms with Crippen molar-refractivity contribution in [2.45, 2.75) is 61.7 Å². The topological polar surface area (TPSA) is 0 Å². The van der Waals surface area contributed by atoms with E-state index in [2.05, 4.69) is 0 Å². The van der Waals surface area contributed by atoms with Crippen LogP contribution < -0.4 is 0 Å². The molecule has 0 saturated carbocycles. The molecule has 0 atom stereocenters. The Morgan fingerprint density at radius 3 is 0.483 bits per heavy atom. The molecule has 0 aromatic rings. The molecular formula is C10H7F19. The lowest BCUT2D eigenvalue weighted by Gasteiger charge is -2.41. The van der Waals surface area contributed by atoms with E-state index in [4.69, 9.17) is 0 Å². The van der Waals surface area contributed by atoms with Gasteiger partial charge in [0.15, 0.2) is 0 Å². The molecule has 0 bridgehead atoms. The van der Waals surface area contributed by atoms with Gasteiger partial charge in [-0.2, -0.15) is 79.0 Å². The maximum Gasteiger partial charge on any atom is 0.460 e. The SMILES string of the molecule is CC.F.FC(F)(F)C(F)(F)C(F)(F)C(F)(F)C(F)(F)C(F)(F)C(F)(F)C(F)(F)F. The zero-order valence-electron chi connectivity index (χ0n) is 13.2. The van der Waals surface area contributed by atoms with E-state index in [0.717, 1.165) is 0 Å². The summed E-state index contributed by atoms with van der Waals surface area (Å²) < 4.78 is 221. The lowest BCUT2D eigenvalue weighted by atomic mass is 9.91. The predicted octanol–water partition coefficient (Wildman–Crippen LogP) is 7.10. The van der Waals surface area contributed by atoms with Crippen LogP contribution in [0.25, 0.3) is 0 Å². The monoisotopic (exact) mass is 488 g/mol. The van der Waals surface area contributed by atoms with E-state index in [0.29, 0.717) is 0 Å². The minimum atomic E-state index is -8.72. The Morgan fingerprint density at radius 1 is 0.276 bits per heavy atom. The van der Waals surface area contributed by atoms with Gasteiger partial charge in [-0.3, -0.25) is 4.70 Å². The fourth-order valence-corrected chi connectivity index (χ4v) is 1.14. The summed E-state index contributed by atoms with van der Waals surface area (Å²) in [7, 11) is 0. The summed E-state index contributed by atoms with van der Waals surface area (Å²) in [6, 6.07) is 0. The molecule has 0 radical (unpaired) electrons. The van der Waals surface area contributed by atoms with Crippen molar-refractivity contribution < 1.29 is 83.7 Å². The molecule has 0 heterocycles. The van der Waals surface area contributed by atoms with Crippen molar-refractivity contribution in [1.82, 2.24) is 0 Å². The average molecular weight is 488 g/mol. The van der Waals surface area contributed by atoms with Gasteiger partial charge in [-0.15, -0.1) is 0 Å². The predicted molar refractivity (Wildman–Crippen MR) is 55.6 cm³/mol. The summed E-state index contributed by atoms with van der Waals surface area (Å²) in [5.41, 5.74) is 0. The van der Waals surface area contributed by atoms with Crippen LogP contribution in [0, 0.1) is 0 Å². The van der Waals surface area contributed by atoms with Crippen LogP contribution in [0.4, 0.5) is 83.7 Å². The molecule has 0 aliphatic rings. The van der Waals surface area contributed by atoms with Crippen molar-refractivity contribution in [3.05, 3.63) is 0 Å². The fraction of sp³-hybridized carbons (Fsp3) is 1.00. The largest absolute Gasteiger partial charge is 0.460 e. The molecule has 0 aliphatic heterocycles. The van der Waals surface area contributed by atoms with Crippen molar-refractivity contribution in [3.63, 3.8) is 0 Å². The molecule has 0 aromatic heterocycles. The molecule has 0 nitrogen and oxygen atoms in total. The number of rotatable bonds is 5. The molecule has 180 valence electrons. The molecule has 0 rings (SSSR count). The molecule has 0 saturated heterocycles. The third kappa shape index (κ3) is 4.27. The first-order valence-electron chi connectivity index (χ1n) is 6.15. The Kier molecular flexibility index (Phi) is 9.00. The normalized spacial score (nSPS) is 15.3. The molecule has 19 heteroatoms. The second-order valence-electron chi connectivity index (χ2n) is 4.44. The van der Waals surface area contributed by atoms with E-state index in [9.17, 15) is 79.0 Å². The van der Waals surface area contributed by atoms with Crippen molar-refractivity contribution in [2.75, 3.05) is 0 Å². The molecule has 0 spiro atoms. The fourth-order valence-electron chi connectivity index (χ4n) is 1.14. The van der Waals surface area contributed by atoms with Crippen LogP contribution in [0.15, 0.2) is 0 Å². The molecule has 0 N–H and O–H groups in total. The van der Waals surface area contributed by atoms with Gasteiger partial charge in [0, 0.05) is 0 Å². The van der Waals surface area contributed by atoms with Gasteiger partial charge in [0.05, 0.1) is 0 Å². The van der Waals surface area contributed by atoms with Gasteiger partial charge >= 0.3 is 47.9 Å². The van der Waals surface area contributed by atoms with Crippen LogP contribution in [-0.2, 0) is 0 Å². The van der Waals surface area contributed by atoms with E-state index in [1.807, 2.05) is 13.8 Å². The van der Waals surface area contributed by atoms with E-state index in [-0.39, 0.29) is 4.70 Å². The van der Waals surface area contributed by atoms with Gasteiger partial charge in [-0.05, 0) is 0 Å². The van der Waals surface area contributed by atoms with Crippen LogP contribution in [-0.4, -0.2) is 47.9 Å². The average Bonchev–Trinajstić information content (AvgIpc) is 2.45. The summed E-state index contributed by atoms with van der Waals surface area (Å²) in [5.74, 6) is -51.0. The molecule has 29 heavy (non-hydrogen) atoms. The maximum atomic E-state index is 12.8. The lowest BCUT2D eigenvalue weighted by molar-refractivity contribution is -0.468. The van der Waals surface area contributed by atoms with Crippen molar-refractivity contribution in [2.24, 2.45) is 0 Å². The summed E-state index contributed by atoms with van der Waals surface area (Å²) in [4.78, 5) is 0. The first-order chi connectivity index (χ1) is 11.8. The second kappa shape index (κ2) is 8.07. The summed E-state index contributed by atoms with van der Waals surface area (Å²) in [6.07, 6.45) is -15.6.